The van der Waals surface area contributed by atoms with Crippen molar-refractivity contribution in [3.8, 4) is 0 Å². The lowest BCUT2D eigenvalue weighted by Crippen LogP contribution is -2.16. The molecule has 1 heterocycles. The first-order valence-corrected chi connectivity index (χ1v) is 5.75. The second kappa shape index (κ2) is 8.07. The maximum Gasteiger partial charge on any atom is 0.0635 e. The Morgan fingerprint density at radius 3 is 3.00 bits per heavy atom. The summed E-state index contributed by atoms with van der Waals surface area (Å²) in [4.78, 5) is 4.14. The number of nitrogens with one attached hydrogen (secondary N) is 2. The molecule has 90 valence electrons. The van der Waals surface area contributed by atoms with Crippen molar-refractivity contribution in [2.75, 3.05) is 32.1 Å². The lowest BCUT2D eigenvalue weighted by atomic mass is 10.2. The molecule has 0 atom stereocenters. The van der Waals surface area contributed by atoms with Crippen LogP contribution in [0.2, 0.25) is 0 Å². The molecule has 16 heavy (non-hydrogen) atoms. The molecule has 0 radical (unpaired) electrons. The Morgan fingerprint density at radius 1 is 1.38 bits per heavy atom. The third-order valence-electron chi connectivity index (χ3n) is 2.27. The van der Waals surface area contributed by atoms with Gasteiger partial charge < -0.3 is 15.4 Å². The Hall–Kier alpha value is -1.13. The van der Waals surface area contributed by atoms with Crippen molar-refractivity contribution in [2.45, 2.75) is 19.9 Å². The molecular weight excluding hydrogens is 202 g/mol. The van der Waals surface area contributed by atoms with Gasteiger partial charge in [-0.3, -0.25) is 4.98 Å². The van der Waals surface area contributed by atoms with Gasteiger partial charge >= 0.3 is 0 Å². The number of pyridine rings is 1. The van der Waals surface area contributed by atoms with Crippen molar-refractivity contribution < 1.29 is 4.74 Å². The van der Waals surface area contributed by atoms with Crippen LogP contribution in [-0.4, -0.2) is 31.8 Å². The lowest BCUT2D eigenvalue weighted by molar-refractivity contribution is 0.211. The highest BCUT2D eigenvalue weighted by Gasteiger charge is 2.00. The number of anilines is 1. The minimum Gasteiger partial charge on any atom is -0.383 e. The van der Waals surface area contributed by atoms with Crippen molar-refractivity contribution >= 4 is 5.69 Å². The summed E-state index contributed by atoms with van der Waals surface area (Å²) in [6, 6.07) is 2.00. The van der Waals surface area contributed by atoms with Crippen LogP contribution in [0.1, 0.15) is 18.9 Å². The van der Waals surface area contributed by atoms with Gasteiger partial charge in [-0.15, -0.1) is 0 Å². The van der Waals surface area contributed by atoms with Gasteiger partial charge in [0.25, 0.3) is 0 Å². The van der Waals surface area contributed by atoms with Crippen LogP contribution in [-0.2, 0) is 11.3 Å². The van der Waals surface area contributed by atoms with E-state index in [0.717, 1.165) is 31.7 Å². The Kier molecular flexibility index (Phi) is 6.53. The van der Waals surface area contributed by atoms with E-state index in [0.29, 0.717) is 6.61 Å². The summed E-state index contributed by atoms with van der Waals surface area (Å²) < 4.78 is 5.01. The van der Waals surface area contributed by atoms with Crippen LogP contribution in [0.5, 0.6) is 0 Å². The standard InChI is InChI=1S/C12H21N3O/c1-3-5-13-9-11-10-14-6-4-12(11)15-7-8-16-2/h4,6,10,13H,3,5,7-9H2,1-2H3,(H,14,15). The van der Waals surface area contributed by atoms with E-state index in [-0.39, 0.29) is 0 Å². The first-order chi connectivity index (χ1) is 7.88. The third-order valence-corrected chi connectivity index (χ3v) is 2.27. The minimum atomic E-state index is 0.712. The van der Waals surface area contributed by atoms with Gasteiger partial charge in [-0.2, -0.15) is 0 Å². The van der Waals surface area contributed by atoms with Gasteiger partial charge in [0.05, 0.1) is 6.61 Å². The van der Waals surface area contributed by atoms with Crippen molar-refractivity contribution in [2.24, 2.45) is 0 Å². The topological polar surface area (TPSA) is 46.2 Å². The van der Waals surface area contributed by atoms with E-state index in [2.05, 4.69) is 22.5 Å². The second-order valence-corrected chi connectivity index (χ2v) is 3.63. The molecule has 0 unspecified atom stereocenters. The van der Waals surface area contributed by atoms with Crippen LogP contribution in [0.3, 0.4) is 0 Å². The molecule has 0 bridgehead atoms. The van der Waals surface area contributed by atoms with Crippen molar-refractivity contribution in [1.82, 2.24) is 10.3 Å². The number of aromatic nitrogens is 1. The highest BCUT2D eigenvalue weighted by Crippen LogP contribution is 2.12. The summed E-state index contributed by atoms with van der Waals surface area (Å²) in [5.74, 6) is 0. The van der Waals surface area contributed by atoms with Crippen LogP contribution in [0, 0.1) is 0 Å². The van der Waals surface area contributed by atoms with Crippen LogP contribution < -0.4 is 10.6 Å². The first-order valence-electron chi connectivity index (χ1n) is 5.75. The zero-order valence-electron chi connectivity index (χ0n) is 10.1. The highest BCUT2D eigenvalue weighted by molar-refractivity contribution is 5.49. The van der Waals surface area contributed by atoms with Crippen LogP contribution >= 0.6 is 0 Å². The number of methoxy groups -OCH3 is 1. The fourth-order valence-corrected chi connectivity index (χ4v) is 1.43. The van der Waals surface area contributed by atoms with E-state index in [1.165, 1.54) is 5.56 Å². The summed E-state index contributed by atoms with van der Waals surface area (Å²) in [6.07, 6.45) is 4.85. The Morgan fingerprint density at radius 2 is 2.25 bits per heavy atom. The first kappa shape index (κ1) is 12.9. The molecule has 0 saturated carbocycles. The van der Waals surface area contributed by atoms with Gasteiger partial charge in [0.1, 0.15) is 0 Å². The number of nitrogens with zero attached hydrogens (tertiary/aromatic N) is 1. The molecule has 0 amide bonds. The number of ether oxygens (including phenoxy) is 1. The summed E-state index contributed by atoms with van der Waals surface area (Å²) in [5, 5.41) is 6.71. The van der Waals surface area contributed by atoms with Gasteiger partial charge in [-0.25, -0.2) is 0 Å². The predicted octanol–water partition coefficient (Wildman–Crippen LogP) is 1.64. The monoisotopic (exact) mass is 223 g/mol. The molecule has 1 rings (SSSR count). The average Bonchev–Trinajstić information content (AvgIpc) is 2.32. The van der Waals surface area contributed by atoms with E-state index in [1.807, 2.05) is 12.3 Å². The molecule has 0 aliphatic rings. The van der Waals surface area contributed by atoms with E-state index < -0.39 is 0 Å². The summed E-state index contributed by atoms with van der Waals surface area (Å²) in [7, 11) is 1.71. The van der Waals surface area contributed by atoms with Crippen molar-refractivity contribution in [3.63, 3.8) is 0 Å². The smallest absolute Gasteiger partial charge is 0.0635 e. The molecule has 4 heteroatoms. The molecule has 2 N–H and O–H groups in total. The summed E-state index contributed by atoms with van der Waals surface area (Å²) >= 11 is 0. The average molecular weight is 223 g/mol. The molecule has 0 aromatic carbocycles. The summed E-state index contributed by atoms with van der Waals surface area (Å²) in [6.45, 7) is 5.59. The zero-order chi connectivity index (χ0) is 11.6. The molecule has 0 aliphatic carbocycles. The zero-order valence-corrected chi connectivity index (χ0v) is 10.1. The summed E-state index contributed by atoms with van der Waals surface area (Å²) in [5.41, 5.74) is 2.34. The lowest BCUT2D eigenvalue weighted by Gasteiger charge is -2.11. The maximum absolute atomic E-state index is 5.01. The number of hydrogen-bond donors (Lipinski definition) is 2. The molecule has 0 spiro atoms. The van der Waals surface area contributed by atoms with E-state index in [1.54, 1.807) is 13.3 Å². The van der Waals surface area contributed by atoms with Gasteiger partial charge in [0, 0.05) is 43.8 Å². The van der Waals surface area contributed by atoms with Crippen LogP contribution in [0.15, 0.2) is 18.5 Å². The minimum absolute atomic E-state index is 0.712. The van der Waals surface area contributed by atoms with Gasteiger partial charge in [0.15, 0.2) is 0 Å². The molecule has 0 saturated heterocycles. The molecule has 1 aromatic rings. The van der Waals surface area contributed by atoms with Gasteiger partial charge in [-0.1, -0.05) is 6.92 Å². The van der Waals surface area contributed by atoms with Gasteiger partial charge in [-0.05, 0) is 19.0 Å². The van der Waals surface area contributed by atoms with Crippen LogP contribution in [0.4, 0.5) is 5.69 Å². The second-order valence-electron chi connectivity index (χ2n) is 3.63. The maximum atomic E-state index is 5.01. The molecule has 0 aliphatic heterocycles. The SMILES string of the molecule is CCCNCc1cnccc1NCCOC. The largest absolute Gasteiger partial charge is 0.383 e. The predicted molar refractivity (Wildman–Crippen MR) is 66.6 cm³/mol. The molecular formula is C12H21N3O. The highest BCUT2D eigenvalue weighted by atomic mass is 16.5. The van der Waals surface area contributed by atoms with Crippen molar-refractivity contribution in [1.29, 1.82) is 0 Å². The molecule has 0 fully saturated rings. The normalized spacial score (nSPS) is 10.4. The third kappa shape index (κ3) is 4.59. The quantitative estimate of drug-likeness (QED) is 0.658. The number of hydrogen-bond acceptors (Lipinski definition) is 4. The van der Waals surface area contributed by atoms with Gasteiger partial charge in [0.2, 0.25) is 0 Å². The van der Waals surface area contributed by atoms with Crippen LogP contribution in [0.25, 0.3) is 0 Å². The Labute approximate surface area is 97.4 Å². The molecule has 4 nitrogen and oxygen atoms in total. The Bertz CT molecular complexity index is 262. The number of rotatable bonds is 8. The Balaban J connectivity index is 2.46. The molecule has 1 aromatic heterocycles. The fourth-order valence-electron chi connectivity index (χ4n) is 1.43. The fraction of sp³-hybridized carbons (Fsp3) is 0.583. The van der Waals surface area contributed by atoms with E-state index in [9.17, 15) is 0 Å². The van der Waals surface area contributed by atoms with E-state index in [4.69, 9.17) is 4.74 Å². The van der Waals surface area contributed by atoms with E-state index >= 15 is 0 Å². The van der Waals surface area contributed by atoms with Crippen molar-refractivity contribution in [3.05, 3.63) is 24.0 Å².